The first-order valence-electron chi connectivity index (χ1n) is 3.62. The Bertz CT molecular complexity index is 317. The first-order chi connectivity index (χ1) is 6.11. The van der Waals surface area contributed by atoms with Gasteiger partial charge in [0.25, 0.3) is 0 Å². The van der Waals surface area contributed by atoms with Crippen molar-refractivity contribution < 1.29 is 4.79 Å². The summed E-state index contributed by atoms with van der Waals surface area (Å²) in [6, 6.07) is -0.453. The number of rotatable bonds is 3. The third kappa shape index (κ3) is 2.66. The lowest BCUT2D eigenvalue weighted by atomic mass is 10.3. The van der Waals surface area contributed by atoms with Gasteiger partial charge >= 0.3 is 0 Å². The van der Waals surface area contributed by atoms with E-state index in [2.05, 4.69) is 31.2 Å². The minimum absolute atomic E-state index is 0.425. The Balaban J connectivity index is 2.74. The fraction of sp³-hybridized carbons (Fsp3) is 0.286. The van der Waals surface area contributed by atoms with Gasteiger partial charge in [0.1, 0.15) is 18.2 Å². The van der Waals surface area contributed by atoms with Crippen molar-refractivity contribution >= 4 is 27.7 Å². The molecule has 1 unspecified atom stereocenters. The molecule has 0 aliphatic carbocycles. The third-order valence-electron chi connectivity index (χ3n) is 1.45. The van der Waals surface area contributed by atoms with E-state index in [0.29, 0.717) is 10.3 Å². The Labute approximate surface area is 83.9 Å². The third-order valence-corrected chi connectivity index (χ3v) is 2.03. The van der Waals surface area contributed by atoms with E-state index >= 15 is 0 Å². The molecule has 1 aromatic rings. The number of carbonyl (C=O) groups is 1. The van der Waals surface area contributed by atoms with Crippen LogP contribution >= 0.6 is 15.9 Å². The van der Waals surface area contributed by atoms with Gasteiger partial charge in [0, 0.05) is 6.20 Å². The van der Waals surface area contributed by atoms with Crippen LogP contribution in [0.1, 0.15) is 6.92 Å². The topological polar surface area (TPSA) is 80.9 Å². The molecular weight excluding hydrogens is 236 g/mol. The maximum Gasteiger partial charge on any atom is 0.239 e. The van der Waals surface area contributed by atoms with Crippen molar-refractivity contribution in [2.24, 2.45) is 5.73 Å². The minimum atomic E-state index is -0.453. The summed E-state index contributed by atoms with van der Waals surface area (Å²) in [5.74, 6) is 0.131. The number of anilines is 1. The van der Waals surface area contributed by atoms with Crippen molar-refractivity contribution in [3.05, 3.63) is 17.0 Å². The summed E-state index contributed by atoms with van der Waals surface area (Å²) in [7, 11) is 0. The van der Waals surface area contributed by atoms with Crippen LogP contribution in [-0.2, 0) is 4.79 Å². The van der Waals surface area contributed by atoms with Gasteiger partial charge in [-0.2, -0.15) is 0 Å². The van der Waals surface area contributed by atoms with Crippen molar-refractivity contribution in [2.45, 2.75) is 13.0 Å². The molecule has 13 heavy (non-hydrogen) atoms. The van der Waals surface area contributed by atoms with Gasteiger partial charge in [-0.1, -0.05) is 0 Å². The molecule has 0 aliphatic rings. The molecule has 70 valence electrons. The number of amides is 1. The second-order valence-corrected chi connectivity index (χ2v) is 3.34. The number of hydrogen-bond acceptors (Lipinski definition) is 4. The molecule has 0 bridgehead atoms. The van der Waals surface area contributed by atoms with Gasteiger partial charge in [0.05, 0.1) is 4.47 Å². The summed E-state index contributed by atoms with van der Waals surface area (Å²) in [5, 5.41) is 2.84. The molecule has 1 atom stereocenters. The summed E-state index contributed by atoms with van der Waals surface area (Å²) in [6.45, 7) is 1.66. The second-order valence-electron chi connectivity index (χ2n) is 2.49. The lowest BCUT2D eigenvalue weighted by Crippen LogP contribution is -2.32. The molecular formula is C7H9BrN4O. The van der Waals surface area contributed by atoms with E-state index in [1.807, 2.05) is 0 Å². The molecule has 1 aromatic heterocycles. The quantitative estimate of drug-likeness (QED) is 0.813. The first kappa shape index (κ1) is 9.91. The average Bonchev–Trinajstić information content (AvgIpc) is 2.08. The smallest absolute Gasteiger partial charge is 0.239 e. The van der Waals surface area contributed by atoms with Crippen molar-refractivity contribution in [1.82, 2.24) is 9.97 Å². The highest BCUT2D eigenvalue weighted by atomic mass is 79.9. The van der Waals surface area contributed by atoms with E-state index in [4.69, 9.17) is 5.73 Å². The van der Waals surface area contributed by atoms with Crippen LogP contribution in [-0.4, -0.2) is 21.9 Å². The molecule has 0 aliphatic heterocycles. The van der Waals surface area contributed by atoms with E-state index in [0.717, 1.165) is 0 Å². The van der Waals surface area contributed by atoms with Crippen LogP contribution in [0.2, 0.25) is 0 Å². The number of primary amides is 1. The molecule has 0 radical (unpaired) electrons. The maximum absolute atomic E-state index is 10.7. The number of aromatic nitrogens is 2. The van der Waals surface area contributed by atoms with Crippen LogP contribution in [0.25, 0.3) is 0 Å². The molecule has 0 aromatic carbocycles. The van der Waals surface area contributed by atoms with E-state index < -0.39 is 11.9 Å². The minimum Gasteiger partial charge on any atom is -0.368 e. The standard InChI is InChI=1S/C7H9BrN4O/c1-4(6(9)13)12-7-5(8)2-10-3-11-7/h2-4H,1H3,(H2,9,13)(H,10,11,12). The fourth-order valence-corrected chi connectivity index (χ4v) is 1.03. The normalized spacial score (nSPS) is 12.2. The van der Waals surface area contributed by atoms with E-state index in [-0.39, 0.29) is 0 Å². The second kappa shape index (κ2) is 4.18. The summed E-state index contributed by atoms with van der Waals surface area (Å²) < 4.78 is 0.697. The van der Waals surface area contributed by atoms with Crippen LogP contribution in [0.15, 0.2) is 17.0 Å². The largest absolute Gasteiger partial charge is 0.368 e. The summed E-state index contributed by atoms with van der Waals surface area (Å²) >= 11 is 3.23. The highest BCUT2D eigenvalue weighted by Gasteiger charge is 2.10. The lowest BCUT2D eigenvalue weighted by molar-refractivity contribution is -0.118. The van der Waals surface area contributed by atoms with Crippen molar-refractivity contribution in [3.63, 3.8) is 0 Å². The van der Waals surface area contributed by atoms with Gasteiger partial charge in [0.2, 0.25) is 5.91 Å². The van der Waals surface area contributed by atoms with Crippen molar-refractivity contribution in [2.75, 3.05) is 5.32 Å². The van der Waals surface area contributed by atoms with Crippen LogP contribution in [0.5, 0.6) is 0 Å². The van der Waals surface area contributed by atoms with Gasteiger partial charge in [-0.25, -0.2) is 9.97 Å². The van der Waals surface area contributed by atoms with Crippen LogP contribution in [0.3, 0.4) is 0 Å². The highest BCUT2D eigenvalue weighted by molar-refractivity contribution is 9.10. The molecule has 0 spiro atoms. The van der Waals surface area contributed by atoms with E-state index in [9.17, 15) is 4.79 Å². The number of nitrogens with zero attached hydrogens (tertiary/aromatic N) is 2. The van der Waals surface area contributed by atoms with Crippen molar-refractivity contribution in [1.29, 1.82) is 0 Å². The monoisotopic (exact) mass is 244 g/mol. The molecule has 1 amide bonds. The zero-order valence-corrected chi connectivity index (χ0v) is 8.58. The predicted molar refractivity (Wildman–Crippen MR) is 52.0 cm³/mol. The molecule has 1 heterocycles. The Morgan fingerprint density at radius 3 is 3.00 bits per heavy atom. The fourth-order valence-electron chi connectivity index (χ4n) is 0.695. The lowest BCUT2D eigenvalue weighted by Gasteiger charge is -2.10. The molecule has 0 saturated carbocycles. The van der Waals surface area contributed by atoms with Crippen LogP contribution < -0.4 is 11.1 Å². The van der Waals surface area contributed by atoms with Gasteiger partial charge in [-0.3, -0.25) is 4.79 Å². The predicted octanol–water partition coefficient (Wildman–Crippen LogP) is 0.525. The Hall–Kier alpha value is -1.17. The van der Waals surface area contributed by atoms with Gasteiger partial charge in [-0.15, -0.1) is 0 Å². The number of carbonyl (C=O) groups excluding carboxylic acids is 1. The number of nitrogens with one attached hydrogen (secondary N) is 1. The maximum atomic E-state index is 10.7. The van der Waals surface area contributed by atoms with Gasteiger partial charge in [0.15, 0.2) is 0 Å². The Morgan fingerprint density at radius 1 is 1.77 bits per heavy atom. The Morgan fingerprint density at radius 2 is 2.46 bits per heavy atom. The molecule has 6 heteroatoms. The molecule has 5 nitrogen and oxygen atoms in total. The van der Waals surface area contributed by atoms with Crippen LogP contribution in [0.4, 0.5) is 5.82 Å². The molecule has 3 N–H and O–H groups in total. The molecule has 0 fully saturated rings. The summed E-state index contributed by atoms with van der Waals surface area (Å²) in [6.07, 6.45) is 2.98. The molecule has 1 rings (SSSR count). The average molecular weight is 245 g/mol. The van der Waals surface area contributed by atoms with Gasteiger partial charge in [-0.05, 0) is 22.9 Å². The Kier molecular flexibility index (Phi) is 3.18. The molecule has 0 saturated heterocycles. The summed E-state index contributed by atoms with van der Waals surface area (Å²) in [5.41, 5.74) is 5.07. The van der Waals surface area contributed by atoms with E-state index in [1.165, 1.54) is 6.33 Å². The van der Waals surface area contributed by atoms with Crippen molar-refractivity contribution in [3.8, 4) is 0 Å². The first-order valence-corrected chi connectivity index (χ1v) is 4.42. The van der Waals surface area contributed by atoms with Gasteiger partial charge < -0.3 is 11.1 Å². The number of nitrogens with two attached hydrogens (primary N) is 1. The zero-order chi connectivity index (χ0) is 9.84. The zero-order valence-electron chi connectivity index (χ0n) is 6.99. The number of halogens is 1. The van der Waals surface area contributed by atoms with Crippen LogP contribution in [0, 0.1) is 0 Å². The number of hydrogen-bond donors (Lipinski definition) is 2. The summed E-state index contributed by atoms with van der Waals surface area (Å²) in [4.78, 5) is 18.4. The SMILES string of the molecule is CC(Nc1ncncc1Br)C(N)=O. The highest BCUT2D eigenvalue weighted by Crippen LogP contribution is 2.17. The van der Waals surface area contributed by atoms with E-state index in [1.54, 1.807) is 13.1 Å².